The van der Waals surface area contributed by atoms with Gasteiger partial charge in [-0.1, -0.05) is 0 Å². The summed E-state index contributed by atoms with van der Waals surface area (Å²) in [6.07, 6.45) is 5.46. The Morgan fingerprint density at radius 3 is 2.56 bits per heavy atom. The lowest BCUT2D eigenvalue weighted by Crippen LogP contribution is -2.14. The Morgan fingerprint density at radius 2 is 1.89 bits per heavy atom. The Balaban J connectivity index is 2.17. The van der Waals surface area contributed by atoms with Crippen LogP contribution in [0.3, 0.4) is 0 Å². The van der Waals surface area contributed by atoms with Crippen LogP contribution in [0.15, 0.2) is 36.9 Å². The second kappa shape index (κ2) is 5.00. The minimum atomic E-state index is -1.16. The number of carboxylic acids is 1. The minimum absolute atomic E-state index is 0.145. The Morgan fingerprint density at radius 1 is 1.11 bits per heavy atom. The molecule has 0 bridgehead atoms. The molecule has 0 aliphatic carbocycles. The summed E-state index contributed by atoms with van der Waals surface area (Å²) in [7, 11) is 0. The number of carboxylic acid groups (broad SMARTS) is 1. The normalized spacial score (nSPS) is 9.78. The average molecular weight is 244 g/mol. The molecule has 0 radical (unpaired) electrons. The number of carbonyl (C=O) groups is 2. The molecule has 90 valence electrons. The second-order valence-electron chi connectivity index (χ2n) is 3.28. The molecule has 0 saturated heterocycles. The van der Waals surface area contributed by atoms with Crippen LogP contribution in [0.25, 0.3) is 0 Å². The summed E-state index contributed by atoms with van der Waals surface area (Å²) >= 11 is 0. The molecule has 0 aliphatic rings. The molecular formula is C11H8N4O3. The number of anilines is 1. The highest BCUT2D eigenvalue weighted by molar-refractivity contribution is 6.03. The molecule has 2 aromatic heterocycles. The van der Waals surface area contributed by atoms with Crippen molar-refractivity contribution in [2.24, 2.45) is 0 Å². The van der Waals surface area contributed by atoms with E-state index in [1.807, 2.05) is 0 Å². The zero-order valence-electron chi connectivity index (χ0n) is 9.07. The first-order valence-electron chi connectivity index (χ1n) is 4.93. The van der Waals surface area contributed by atoms with E-state index in [2.05, 4.69) is 20.3 Å². The van der Waals surface area contributed by atoms with Crippen molar-refractivity contribution in [1.82, 2.24) is 15.0 Å². The second-order valence-corrected chi connectivity index (χ2v) is 3.28. The Labute approximate surface area is 102 Å². The van der Waals surface area contributed by atoms with E-state index in [0.717, 1.165) is 0 Å². The highest BCUT2D eigenvalue weighted by atomic mass is 16.4. The van der Waals surface area contributed by atoms with Crippen molar-refractivity contribution < 1.29 is 14.7 Å². The smallest absolute Gasteiger partial charge is 0.354 e. The number of aromatic nitrogens is 3. The van der Waals surface area contributed by atoms with Gasteiger partial charge in [0, 0.05) is 24.3 Å². The number of hydrogen-bond acceptors (Lipinski definition) is 5. The maximum Gasteiger partial charge on any atom is 0.354 e. The van der Waals surface area contributed by atoms with E-state index in [0.29, 0.717) is 5.69 Å². The van der Waals surface area contributed by atoms with Gasteiger partial charge in [-0.3, -0.25) is 9.78 Å². The van der Waals surface area contributed by atoms with Crippen molar-refractivity contribution in [1.29, 1.82) is 0 Å². The molecule has 0 saturated carbocycles. The van der Waals surface area contributed by atoms with Gasteiger partial charge in [-0.15, -0.1) is 0 Å². The molecule has 0 spiro atoms. The van der Waals surface area contributed by atoms with E-state index in [-0.39, 0.29) is 11.4 Å². The third-order valence-electron chi connectivity index (χ3n) is 2.03. The predicted molar refractivity (Wildman–Crippen MR) is 61.2 cm³/mol. The van der Waals surface area contributed by atoms with Crippen molar-refractivity contribution in [2.45, 2.75) is 0 Å². The first-order chi connectivity index (χ1) is 8.66. The number of aromatic carboxylic acids is 1. The molecule has 0 atom stereocenters. The molecule has 0 fully saturated rings. The molecule has 2 aromatic rings. The van der Waals surface area contributed by atoms with Gasteiger partial charge in [-0.05, 0) is 12.1 Å². The van der Waals surface area contributed by atoms with Gasteiger partial charge in [0.15, 0.2) is 0 Å². The van der Waals surface area contributed by atoms with Crippen molar-refractivity contribution >= 4 is 17.6 Å². The van der Waals surface area contributed by atoms with Crippen LogP contribution in [-0.4, -0.2) is 31.9 Å². The van der Waals surface area contributed by atoms with Gasteiger partial charge in [-0.2, -0.15) is 0 Å². The van der Waals surface area contributed by atoms with Crippen LogP contribution in [0.2, 0.25) is 0 Å². The van der Waals surface area contributed by atoms with Crippen molar-refractivity contribution in [3.8, 4) is 0 Å². The fourth-order valence-corrected chi connectivity index (χ4v) is 1.24. The van der Waals surface area contributed by atoms with E-state index in [9.17, 15) is 9.59 Å². The van der Waals surface area contributed by atoms with Gasteiger partial charge in [0.05, 0.1) is 6.20 Å². The van der Waals surface area contributed by atoms with Crippen molar-refractivity contribution in [2.75, 3.05) is 5.32 Å². The standard InChI is InChI=1S/C11H8N4O3/c16-10(9-6-12-3-4-14-9)15-7-1-2-13-8(5-7)11(17)18/h1-6H,(H,17,18)(H,13,15,16). The summed E-state index contributed by atoms with van der Waals surface area (Å²) < 4.78 is 0. The van der Waals surface area contributed by atoms with Crippen LogP contribution in [0, 0.1) is 0 Å². The van der Waals surface area contributed by atoms with Crippen molar-refractivity contribution in [3.63, 3.8) is 0 Å². The van der Waals surface area contributed by atoms with E-state index in [4.69, 9.17) is 5.11 Å². The maximum atomic E-state index is 11.7. The van der Waals surface area contributed by atoms with Crippen LogP contribution in [0.4, 0.5) is 5.69 Å². The summed E-state index contributed by atoms with van der Waals surface area (Å²) in [5, 5.41) is 11.3. The molecule has 7 heteroatoms. The monoisotopic (exact) mass is 244 g/mol. The first-order valence-corrected chi connectivity index (χ1v) is 4.93. The number of hydrogen-bond donors (Lipinski definition) is 2. The Hall–Kier alpha value is -2.83. The predicted octanol–water partition coefficient (Wildman–Crippen LogP) is 0.822. The number of rotatable bonds is 3. The van der Waals surface area contributed by atoms with Crippen LogP contribution in [-0.2, 0) is 0 Å². The lowest BCUT2D eigenvalue weighted by molar-refractivity contribution is 0.0690. The van der Waals surface area contributed by atoms with Gasteiger partial charge in [0.2, 0.25) is 0 Å². The topological polar surface area (TPSA) is 105 Å². The molecule has 18 heavy (non-hydrogen) atoms. The maximum absolute atomic E-state index is 11.7. The van der Waals surface area contributed by atoms with Crippen LogP contribution in [0.5, 0.6) is 0 Å². The molecule has 0 unspecified atom stereocenters. The molecule has 2 heterocycles. The largest absolute Gasteiger partial charge is 0.477 e. The van der Waals surface area contributed by atoms with E-state index < -0.39 is 11.9 Å². The Kier molecular flexibility index (Phi) is 3.24. The zero-order chi connectivity index (χ0) is 13.0. The third-order valence-corrected chi connectivity index (χ3v) is 2.03. The fraction of sp³-hybridized carbons (Fsp3) is 0. The number of pyridine rings is 1. The average Bonchev–Trinajstić information content (AvgIpc) is 2.40. The highest BCUT2D eigenvalue weighted by Gasteiger charge is 2.09. The lowest BCUT2D eigenvalue weighted by atomic mass is 10.3. The lowest BCUT2D eigenvalue weighted by Gasteiger charge is -2.04. The zero-order valence-corrected chi connectivity index (χ0v) is 9.07. The quantitative estimate of drug-likeness (QED) is 0.828. The van der Waals surface area contributed by atoms with Gasteiger partial charge in [-0.25, -0.2) is 14.8 Å². The summed E-state index contributed by atoms with van der Waals surface area (Å²) in [5.74, 6) is -1.63. The summed E-state index contributed by atoms with van der Waals surface area (Å²) in [4.78, 5) is 33.7. The van der Waals surface area contributed by atoms with Gasteiger partial charge < -0.3 is 10.4 Å². The molecule has 7 nitrogen and oxygen atoms in total. The molecule has 1 amide bonds. The SMILES string of the molecule is O=C(O)c1cc(NC(=O)c2cnccn2)ccn1. The van der Waals surface area contributed by atoms with Crippen LogP contribution < -0.4 is 5.32 Å². The highest BCUT2D eigenvalue weighted by Crippen LogP contribution is 2.09. The molecule has 0 aromatic carbocycles. The fourth-order valence-electron chi connectivity index (χ4n) is 1.24. The molecular weight excluding hydrogens is 236 g/mol. The Bertz CT molecular complexity index is 586. The molecule has 2 rings (SSSR count). The summed E-state index contributed by atoms with van der Waals surface area (Å²) in [6.45, 7) is 0. The van der Waals surface area contributed by atoms with Crippen LogP contribution in [0.1, 0.15) is 21.0 Å². The van der Waals surface area contributed by atoms with Crippen molar-refractivity contribution in [3.05, 3.63) is 48.3 Å². The number of amides is 1. The number of carbonyl (C=O) groups excluding carboxylic acids is 1. The van der Waals surface area contributed by atoms with E-state index in [1.54, 1.807) is 0 Å². The molecule has 2 N–H and O–H groups in total. The van der Waals surface area contributed by atoms with Crippen LogP contribution >= 0.6 is 0 Å². The van der Waals surface area contributed by atoms with Gasteiger partial charge in [0.1, 0.15) is 11.4 Å². The first kappa shape index (κ1) is 11.6. The number of nitrogens with zero attached hydrogens (tertiary/aromatic N) is 3. The third kappa shape index (κ3) is 2.64. The van der Waals surface area contributed by atoms with E-state index >= 15 is 0 Å². The summed E-state index contributed by atoms with van der Waals surface area (Å²) in [6, 6.07) is 2.75. The van der Waals surface area contributed by atoms with E-state index in [1.165, 1.54) is 36.9 Å². The summed E-state index contributed by atoms with van der Waals surface area (Å²) in [5.41, 5.74) is 0.330. The minimum Gasteiger partial charge on any atom is -0.477 e. The molecule has 0 aliphatic heterocycles. The van der Waals surface area contributed by atoms with Gasteiger partial charge >= 0.3 is 5.97 Å². The van der Waals surface area contributed by atoms with Gasteiger partial charge in [0.25, 0.3) is 5.91 Å². The number of nitrogens with one attached hydrogen (secondary N) is 1.